The Labute approximate surface area is 115 Å². The molecule has 3 rings (SSSR count). The van der Waals surface area contributed by atoms with Gasteiger partial charge in [0.1, 0.15) is 5.82 Å². The summed E-state index contributed by atoms with van der Waals surface area (Å²) in [5.41, 5.74) is 0. The van der Waals surface area contributed by atoms with Crippen molar-refractivity contribution in [1.82, 2.24) is 20.1 Å². The van der Waals surface area contributed by atoms with E-state index in [9.17, 15) is 0 Å². The molecule has 2 heterocycles. The summed E-state index contributed by atoms with van der Waals surface area (Å²) in [6, 6.07) is 0.496. The quantitative estimate of drug-likeness (QED) is 0.881. The van der Waals surface area contributed by atoms with Crippen LogP contribution < -0.4 is 10.2 Å². The van der Waals surface area contributed by atoms with E-state index in [1.165, 1.54) is 37.9 Å². The average molecular weight is 263 g/mol. The molecule has 0 bridgehead atoms. The molecule has 5 nitrogen and oxygen atoms in total. The van der Waals surface area contributed by atoms with Gasteiger partial charge in [0, 0.05) is 38.6 Å². The van der Waals surface area contributed by atoms with Crippen LogP contribution >= 0.6 is 0 Å². The molecule has 1 N–H and O–H groups in total. The summed E-state index contributed by atoms with van der Waals surface area (Å²) in [4.78, 5) is 2.38. The van der Waals surface area contributed by atoms with Gasteiger partial charge in [0.05, 0.1) is 0 Å². The zero-order chi connectivity index (χ0) is 13.2. The minimum absolute atomic E-state index is 0.496. The first-order valence-electron chi connectivity index (χ1n) is 7.64. The maximum atomic E-state index is 4.50. The fourth-order valence-electron chi connectivity index (χ4n) is 3.44. The summed E-state index contributed by atoms with van der Waals surface area (Å²) in [5.74, 6) is 2.87. The van der Waals surface area contributed by atoms with Gasteiger partial charge in [-0.15, -0.1) is 10.2 Å². The molecule has 2 fully saturated rings. The van der Waals surface area contributed by atoms with Gasteiger partial charge in [-0.1, -0.05) is 19.3 Å². The second kappa shape index (κ2) is 5.49. The van der Waals surface area contributed by atoms with E-state index in [2.05, 4.69) is 39.0 Å². The lowest BCUT2D eigenvalue weighted by Crippen LogP contribution is -2.50. The SMILES string of the molecule is CC1CNCCN1c1nnc(C2CCCCC2)n1C. The van der Waals surface area contributed by atoms with Crippen LogP contribution in [-0.2, 0) is 7.05 Å². The Morgan fingerprint density at radius 2 is 1.95 bits per heavy atom. The van der Waals surface area contributed by atoms with Crippen LogP contribution in [0.3, 0.4) is 0 Å². The van der Waals surface area contributed by atoms with Crippen LogP contribution in [0.5, 0.6) is 0 Å². The van der Waals surface area contributed by atoms with E-state index in [4.69, 9.17) is 0 Å². The molecule has 0 aromatic carbocycles. The molecule has 5 heteroatoms. The summed E-state index contributed by atoms with van der Waals surface area (Å²) < 4.78 is 2.23. The van der Waals surface area contributed by atoms with Gasteiger partial charge in [-0.05, 0) is 19.8 Å². The van der Waals surface area contributed by atoms with Crippen LogP contribution in [0.2, 0.25) is 0 Å². The Balaban J connectivity index is 1.81. The van der Waals surface area contributed by atoms with Crippen molar-refractivity contribution in [3.8, 4) is 0 Å². The maximum absolute atomic E-state index is 4.50. The van der Waals surface area contributed by atoms with Crippen LogP contribution in [0.4, 0.5) is 5.95 Å². The third-order valence-electron chi connectivity index (χ3n) is 4.61. The van der Waals surface area contributed by atoms with E-state index >= 15 is 0 Å². The number of aromatic nitrogens is 3. The van der Waals surface area contributed by atoms with Gasteiger partial charge in [-0.25, -0.2) is 0 Å². The lowest BCUT2D eigenvalue weighted by Gasteiger charge is -2.34. The normalized spacial score (nSPS) is 25.8. The molecule has 1 saturated carbocycles. The first-order chi connectivity index (χ1) is 9.27. The fraction of sp³-hybridized carbons (Fsp3) is 0.857. The smallest absolute Gasteiger partial charge is 0.227 e. The monoisotopic (exact) mass is 263 g/mol. The molecular formula is C14H25N5. The third-order valence-corrected chi connectivity index (χ3v) is 4.61. The summed E-state index contributed by atoms with van der Waals surface area (Å²) in [6.45, 7) is 5.35. The van der Waals surface area contributed by atoms with Gasteiger partial charge in [-0.3, -0.25) is 0 Å². The average Bonchev–Trinajstić information content (AvgIpc) is 2.82. The first-order valence-corrected chi connectivity index (χ1v) is 7.64. The Kier molecular flexibility index (Phi) is 3.73. The number of hydrogen-bond donors (Lipinski definition) is 1. The van der Waals surface area contributed by atoms with E-state index in [0.717, 1.165) is 25.6 Å². The van der Waals surface area contributed by atoms with E-state index in [0.29, 0.717) is 12.0 Å². The van der Waals surface area contributed by atoms with Crippen molar-refractivity contribution in [1.29, 1.82) is 0 Å². The highest BCUT2D eigenvalue weighted by molar-refractivity contribution is 5.34. The highest BCUT2D eigenvalue weighted by Gasteiger charge is 2.26. The zero-order valence-corrected chi connectivity index (χ0v) is 12.1. The molecule has 0 radical (unpaired) electrons. The largest absolute Gasteiger partial charge is 0.336 e. The molecule has 1 aliphatic carbocycles. The third kappa shape index (κ3) is 2.48. The van der Waals surface area contributed by atoms with Crippen molar-refractivity contribution in [2.75, 3.05) is 24.5 Å². The molecule has 1 aliphatic heterocycles. The standard InChI is InChI=1S/C14H25N5/c1-11-10-15-8-9-19(11)14-17-16-13(18(14)2)12-6-4-3-5-7-12/h11-12,15H,3-10H2,1-2H3. The van der Waals surface area contributed by atoms with Gasteiger partial charge in [0.15, 0.2) is 0 Å². The van der Waals surface area contributed by atoms with Gasteiger partial charge < -0.3 is 14.8 Å². The minimum Gasteiger partial charge on any atom is -0.336 e. The Morgan fingerprint density at radius 1 is 1.16 bits per heavy atom. The predicted octanol–water partition coefficient (Wildman–Crippen LogP) is 1.66. The maximum Gasteiger partial charge on any atom is 0.227 e. The Bertz CT molecular complexity index is 421. The second-order valence-corrected chi connectivity index (χ2v) is 6.00. The molecular weight excluding hydrogens is 238 g/mol. The number of hydrogen-bond acceptors (Lipinski definition) is 4. The Hall–Kier alpha value is -1.10. The zero-order valence-electron chi connectivity index (χ0n) is 12.1. The minimum atomic E-state index is 0.496. The second-order valence-electron chi connectivity index (χ2n) is 6.00. The van der Waals surface area contributed by atoms with Crippen LogP contribution in [-0.4, -0.2) is 40.4 Å². The lowest BCUT2D eigenvalue weighted by atomic mass is 9.89. The van der Waals surface area contributed by atoms with Crippen LogP contribution in [0, 0.1) is 0 Å². The number of nitrogens with zero attached hydrogens (tertiary/aromatic N) is 4. The number of nitrogens with one attached hydrogen (secondary N) is 1. The van der Waals surface area contributed by atoms with Crippen LogP contribution in [0.15, 0.2) is 0 Å². The van der Waals surface area contributed by atoms with E-state index in [1.807, 2.05) is 0 Å². The molecule has 106 valence electrons. The fourth-order valence-corrected chi connectivity index (χ4v) is 3.44. The van der Waals surface area contributed by atoms with Crippen molar-refractivity contribution >= 4 is 5.95 Å². The van der Waals surface area contributed by atoms with Crippen molar-refractivity contribution in [3.63, 3.8) is 0 Å². The molecule has 0 spiro atoms. The van der Waals surface area contributed by atoms with Gasteiger partial charge in [0.25, 0.3) is 0 Å². The predicted molar refractivity (Wildman–Crippen MR) is 76.5 cm³/mol. The van der Waals surface area contributed by atoms with Crippen molar-refractivity contribution < 1.29 is 0 Å². The highest BCUT2D eigenvalue weighted by Crippen LogP contribution is 2.32. The number of anilines is 1. The van der Waals surface area contributed by atoms with Crippen molar-refractivity contribution in [3.05, 3.63) is 5.82 Å². The van der Waals surface area contributed by atoms with E-state index in [1.54, 1.807) is 0 Å². The van der Waals surface area contributed by atoms with Crippen LogP contribution in [0.25, 0.3) is 0 Å². The van der Waals surface area contributed by atoms with Crippen LogP contribution in [0.1, 0.15) is 50.8 Å². The lowest BCUT2D eigenvalue weighted by molar-refractivity contribution is 0.419. The molecule has 0 amide bonds. The molecule has 1 atom stereocenters. The van der Waals surface area contributed by atoms with Crippen molar-refractivity contribution in [2.45, 2.75) is 51.0 Å². The van der Waals surface area contributed by atoms with E-state index in [-0.39, 0.29) is 0 Å². The molecule has 1 saturated heterocycles. The van der Waals surface area contributed by atoms with E-state index < -0.39 is 0 Å². The summed E-state index contributed by atoms with van der Waals surface area (Å²) in [5, 5.41) is 12.4. The topological polar surface area (TPSA) is 46.0 Å². The van der Waals surface area contributed by atoms with Gasteiger partial charge in [-0.2, -0.15) is 0 Å². The molecule has 1 aromatic rings. The molecule has 19 heavy (non-hydrogen) atoms. The first kappa shape index (κ1) is 12.9. The molecule has 2 aliphatic rings. The van der Waals surface area contributed by atoms with Gasteiger partial charge >= 0.3 is 0 Å². The number of rotatable bonds is 2. The Morgan fingerprint density at radius 3 is 2.68 bits per heavy atom. The summed E-state index contributed by atoms with van der Waals surface area (Å²) in [6.07, 6.45) is 6.63. The molecule has 1 unspecified atom stereocenters. The highest BCUT2D eigenvalue weighted by atomic mass is 15.4. The number of piperazine rings is 1. The van der Waals surface area contributed by atoms with Gasteiger partial charge in [0.2, 0.25) is 5.95 Å². The summed E-state index contributed by atoms with van der Waals surface area (Å²) in [7, 11) is 2.13. The van der Waals surface area contributed by atoms with Crippen molar-refractivity contribution in [2.24, 2.45) is 7.05 Å². The summed E-state index contributed by atoms with van der Waals surface area (Å²) >= 11 is 0. The molecule has 1 aromatic heterocycles.